The van der Waals surface area contributed by atoms with Crippen LogP contribution in [-0.4, -0.2) is 24.0 Å². The summed E-state index contributed by atoms with van der Waals surface area (Å²) < 4.78 is 0. The molecule has 0 aromatic carbocycles. The highest BCUT2D eigenvalue weighted by molar-refractivity contribution is 5.28. The van der Waals surface area contributed by atoms with Crippen molar-refractivity contribution in [2.24, 2.45) is 0 Å². The van der Waals surface area contributed by atoms with Crippen LogP contribution in [-0.2, 0) is 19.6 Å². The number of hydrogen-bond acceptors (Lipinski definition) is 3. The molecule has 13 heavy (non-hydrogen) atoms. The highest BCUT2D eigenvalue weighted by Crippen LogP contribution is 2.14. The summed E-state index contributed by atoms with van der Waals surface area (Å²) in [7, 11) is 4.15. The summed E-state index contributed by atoms with van der Waals surface area (Å²) in [6.07, 6.45) is 1.98. The molecule has 2 rings (SSSR count). The van der Waals surface area contributed by atoms with Gasteiger partial charge in [0.25, 0.3) is 0 Å². The number of aromatic nitrogens is 1. The molecule has 0 radical (unpaired) electrons. The second kappa shape index (κ2) is 3.44. The van der Waals surface area contributed by atoms with Crippen molar-refractivity contribution in [1.82, 2.24) is 15.2 Å². The van der Waals surface area contributed by atoms with Gasteiger partial charge in [0.1, 0.15) is 0 Å². The Morgan fingerprint density at radius 1 is 1.46 bits per heavy atom. The molecule has 0 spiro atoms. The van der Waals surface area contributed by atoms with Gasteiger partial charge < -0.3 is 10.2 Å². The minimum absolute atomic E-state index is 0.928. The minimum Gasteiger partial charge on any atom is -0.307 e. The van der Waals surface area contributed by atoms with E-state index in [2.05, 4.69) is 35.4 Å². The van der Waals surface area contributed by atoms with Crippen molar-refractivity contribution < 1.29 is 0 Å². The van der Waals surface area contributed by atoms with Crippen molar-refractivity contribution in [2.45, 2.75) is 19.6 Å². The van der Waals surface area contributed by atoms with Gasteiger partial charge in [-0.05, 0) is 31.3 Å². The fourth-order valence-corrected chi connectivity index (χ4v) is 1.67. The molecule has 1 N–H and O–H groups in total. The molecule has 0 saturated carbocycles. The highest BCUT2D eigenvalue weighted by Gasteiger charge is 2.11. The normalized spacial score (nSPS) is 15.0. The highest BCUT2D eigenvalue weighted by atomic mass is 15.0. The fourth-order valence-electron chi connectivity index (χ4n) is 1.67. The minimum atomic E-state index is 0.928. The van der Waals surface area contributed by atoms with Gasteiger partial charge in [-0.15, -0.1) is 0 Å². The van der Waals surface area contributed by atoms with Crippen LogP contribution in [0.25, 0.3) is 0 Å². The maximum absolute atomic E-state index is 4.42. The molecule has 0 saturated heterocycles. The van der Waals surface area contributed by atoms with E-state index in [4.69, 9.17) is 0 Å². The Bertz CT molecular complexity index is 307. The summed E-state index contributed by atoms with van der Waals surface area (Å²) >= 11 is 0. The van der Waals surface area contributed by atoms with E-state index >= 15 is 0 Å². The number of fused-ring (bicyclic) bond motifs is 1. The third-order valence-corrected chi connectivity index (χ3v) is 2.22. The van der Waals surface area contributed by atoms with Crippen molar-refractivity contribution >= 4 is 0 Å². The van der Waals surface area contributed by atoms with Crippen LogP contribution in [0.3, 0.4) is 0 Å². The Kier molecular flexibility index (Phi) is 2.29. The van der Waals surface area contributed by atoms with Gasteiger partial charge in [-0.2, -0.15) is 0 Å². The van der Waals surface area contributed by atoms with E-state index in [1.54, 1.807) is 0 Å². The fraction of sp³-hybridized carbons (Fsp3) is 0.500. The van der Waals surface area contributed by atoms with Gasteiger partial charge >= 0.3 is 0 Å². The molecule has 70 valence electrons. The maximum Gasteiger partial charge on any atom is 0.0586 e. The second-order valence-corrected chi connectivity index (χ2v) is 3.79. The number of pyridine rings is 1. The van der Waals surface area contributed by atoms with Gasteiger partial charge in [0.05, 0.1) is 5.69 Å². The van der Waals surface area contributed by atoms with Crippen LogP contribution >= 0.6 is 0 Å². The predicted octanol–water partition coefficient (Wildman–Crippen LogP) is 0.746. The Labute approximate surface area is 78.8 Å². The lowest BCUT2D eigenvalue weighted by molar-refractivity contribution is 0.402. The SMILES string of the molecule is CN(C)Cc1cnc2c(c1)CNC2. The van der Waals surface area contributed by atoms with Crippen molar-refractivity contribution in [2.75, 3.05) is 14.1 Å². The van der Waals surface area contributed by atoms with Gasteiger partial charge in [-0.25, -0.2) is 0 Å². The zero-order chi connectivity index (χ0) is 9.26. The van der Waals surface area contributed by atoms with E-state index in [1.807, 2.05) is 6.20 Å². The first-order valence-corrected chi connectivity index (χ1v) is 4.58. The first kappa shape index (κ1) is 8.66. The summed E-state index contributed by atoms with van der Waals surface area (Å²) in [5.41, 5.74) is 3.87. The van der Waals surface area contributed by atoms with Gasteiger partial charge in [0.2, 0.25) is 0 Å². The Morgan fingerprint density at radius 2 is 2.31 bits per heavy atom. The second-order valence-electron chi connectivity index (χ2n) is 3.79. The molecule has 0 amide bonds. The van der Waals surface area contributed by atoms with E-state index in [1.165, 1.54) is 16.8 Å². The number of rotatable bonds is 2. The van der Waals surface area contributed by atoms with Crippen molar-refractivity contribution in [3.8, 4) is 0 Å². The number of nitrogens with zero attached hydrogens (tertiary/aromatic N) is 2. The lowest BCUT2D eigenvalue weighted by Crippen LogP contribution is -2.11. The predicted molar refractivity (Wildman–Crippen MR) is 52.2 cm³/mol. The van der Waals surface area contributed by atoms with E-state index in [0.717, 1.165) is 19.6 Å². The molecule has 3 heteroatoms. The quantitative estimate of drug-likeness (QED) is 0.722. The molecule has 3 nitrogen and oxygen atoms in total. The van der Waals surface area contributed by atoms with Crippen LogP contribution in [0, 0.1) is 0 Å². The van der Waals surface area contributed by atoms with Gasteiger partial charge in [0, 0.05) is 25.8 Å². The van der Waals surface area contributed by atoms with Crippen molar-refractivity contribution in [1.29, 1.82) is 0 Å². The zero-order valence-electron chi connectivity index (χ0n) is 8.17. The molecule has 0 bridgehead atoms. The van der Waals surface area contributed by atoms with Crippen LogP contribution in [0.15, 0.2) is 12.3 Å². The molecule has 2 heterocycles. The number of nitrogens with one attached hydrogen (secondary N) is 1. The topological polar surface area (TPSA) is 28.2 Å². The molecular formula is C10H15N3. The summed E-state index contributed by atoms with van der Waals surface area (Å²) in [6.45, 7) is 2.88. The summed E-state index contributed by atoms with van der Waals surface area (Å²) in [6, 6.07) is 2.25. The lowest BCUT2D eigenvalue weighted by atomic mass is 10.1. The Hall–Kier alpha value is -0.930. The van der Waals surface area contributed by atoms with Crippen molar-refractivity contribution in [3.63, 3.8) is 0 Å². The van der Waals surface area contributed by atoms with E-state index in [9.17, 15) is 0 Å². The average molecular weight is 177 g/mol. The Morgan fingerprint density at radius 3 is 3.08 bits per heavy atom. The van der Waals surface area contributed by atoms with E-state index in [0.29, 0.717) is 0 Å². The van der Waals surface area contributed by atoms with Gasteiger partial charge in [0.15, 0.2) is 0 Å². The van der Waals surface area contributed by atoms with E-state index < -0.39 is 0 Å². The molecule has 1 aliphatic rings. The zero-order valence-corrected chi connectivity index (χ0v) is 8.17. The number of hydrogen-bond donors (Lipinski definition) is 1. The van der Waals surface area contributed by atoms with Gasteiger partial charge in [-0.1, -0.05) is 0 Å². The third kappa shape index (κ3) is 1.87. The first-order chi connectivity index (χ1) is 6.25. The van der Waals surface area contributed by atoms with Crippen LogP contribution in [0.2, 0.25) is 0 Å². The molecule has 1 aromatic heterocycles. The smallest absolute Gasteiger partial charge is 0.0586 e. The first-order valence-electron chi connectivity index (χ1n) is 4.58. The summed E-state index contributed by atoms with van der Waals surface area (Å²) in [5.74, 6) is 0. The monoisotopic (exact) mass is 177 g/mol. The average Bonchev–Trinajstić information content (AvgIpc) is 2.49. The molecule has 1 aromatic rings. The standard InChI is InChI=1S/C10H15N3/c1-13(2)7-8-3-9-5-11-6-10(9)12-4-8/h3-4,11H,5-7H2,1-2H3. The van der Waals surface area contributed by atoms with Gasteiger partial charge in [-0.3, -0.25) is 4.98 Å². The summed E-state index contributed by atoms with van der Waals surface area (Å²) in [5, 5.41) is 3.29. The van der Waals surface area contributed by atoms with Crippen LogP contribution in [0.4, 0.5) is 0 Å². The lowest BCUT2D eigenvalue weighted by Gasteiger charge is -2.09. The summed E-state index contributed by atoms with van der Waals surface area (Å²) in [4.78, 5) is 6.58. The molecular weight excluding hydrogens is 162 g/mol. The largest absolute Gasteiger partial charge is 0.307 e. The molecule has 0 atom stereocenters. The molecule has 0 fully saturated rings. The van der Waals surface area contributed by atoms with Crippen LogP contribution in [0.5, 0.6) is 0 Å². The molecule has 0 unspecified atom stereocenters. The third-order valence-electron chi connectivity index (χ3n) is 2.22. The maximum atomic E-state index is 4.42. The molecule has 0 aliphatic carbocycles. The molecule has 1 aliphatic heterocycles. The van der Waals surface area contributed by atoms with Crippen LogP contribution < -0.4 is 5.32 Å². The van der Waals surface area contributed by atoms with E-state index in [-0.39, 0.29) is 0 Å². The van der Waals surface area contributed by atoms with Crippen LogP contribution in [0.1, 0.15) is 16.8 Å². The van der Waals surface area contributed by atoms with Crippen molar-refractivity contribution in [3.05, 3.63) is 29.1 Å². The Balaban J connectivity index is 2.21.